The zero-order valence-electron chi connectivity index (χ0n) is 15.6. The van der Waals surface area contributed by atoms with Crippen LogP contribution in [0.1, 0.15) is 16.1 Å². The van der Waals surface area contributed by atoms with Crippen LogP contribution in [0.2, 0.25) is 5.02 Å². The number of methoxy groups -OCH3 is 2. The van der Waals surface area contributed by atoms with Gasteiger partial charge in [-0.1, -0.05) is 17.7 Å². The molecule has 1 aromatic heterocycles. The van der Waals surface area contributed by atoms with Gasteiger partial charge in [-0.2, -0.15) is 0 Å². The molecule has 2 N–H and O–H groups in total. The average Bonchev–Trinajstić information content (AvgIpc) is 2.71. The van der Waals surface area contributed by atoms with Gasteiger partial charge in [0.25, 0.3) is 5.91 Å². The summed E-state index contributed by atoms with van der Waals surface area (Å²) < 4.78 is 10.5. The molecule has 2 aromatic carbocycles. The number of rotatable bonds is 6. The molecule has 0 aliphatic rings. The van der Waals surface area contributed by atoms with Crippen molar-refractivity contribution in [2.75, 3.05) is 24.9 Å². The van der Waals surface area contributed by atoms with Crippen LogP contribution in [0.5, 0.6) is 11.5 Å². The van der Waals surface area contributed by atoms with E-state index >= 15 is 0 Å². The fraction of sp³-hybridized carbons (Fsp3) is 0.150. The van der Waals surface area contributed by atoms with Gasteiger partial charge in [0.15, 0.2) is 0 Å². The molecule has 1 heterocycles. The summed E-state index contributed by atoms with van der Waals surface area (Å²) >= 11 is 6.14. The Morgan fingerprint density at radius 3 is 2.64 bits per heavy atom. The van der Waals surface area contributed by atoms with Crippen molar-refractivity contribution < 1.29 is 14.3 Å². The average molecular weight is 399 g/mol. The Labute approximate surface area is 167 Å². The van der Waals surface area contributed by atoms with E-state index in [0.717, 1.165) is 5.56 Å². The van der Waals surface area contributed by atoms with E-state index in [9.17, 15) is 4.79 Å². The number of carbonyl (C=O) groups is 1. The highest BCUT2D eigenvalue weighted by Gasteiger charge is 2.12. The topological polar surface area (TPSA) is 85.4 Å². The normalized spacial score (nSPS) is 10.3. The number of ether oxygens (including phenoxy) is 2. The number of halogens is 1. The first-order valence-electron chi connectivity index (χ1n) is 8.38. The van der Waals surface area contributed by atoms with Gasteiger partial charge in [-0.05, 0) is 30.7 Å². The lowest BCUT2D eigenvalue weighted by Gasteiger charge is -2.13. The number of benzene rings is 2. The van der Waals surface area contributed by atoms with Crippen LogP contribution in [0.15, 0.2) is 48.8 Å². The van der Waals surface area contributed by atoms with Crippen LogP contribution in [-0.2, 0) is 0 Å². The maximum Gasteiger partial charge on any atom is 0.274 e. The van der Waals surface area contributed by atoms with Crippen LogP contribution in [0, 0.1) is 6.92 Å². The zero-order chi connectivity index (χ0) is 20.1. The number of nitrogens with zero attached hydrogens (tertiary/aromatic N) is 2. The van der Waals surface area contributed by atoms with E-state index in [1.807, 2.05) is 13.0 Å². The molecule has 1 amide bonds. The third-order valence-electron chi connectivity index (χ3n) is 3.97. The Balaban J connectivity index is 1.80. The second-order valence-electron chi connectivity index (χ2n) is 5.90. The van der Waals surface area contributed by atoms with E-state index in [1.165, 1.54) is 6.33 Å². The number of anilines is 3. The molecule has 0 radical (unpaired) electrons. The number of amides is 1. The molecule has 3 rings (SSSR count). The fourth-order valence-corrected chi connectivity index (χ4v) is 2.67. The Hall–Kier alpha value is -3.32. The fourth-order valence-electron chi connectivity index (χ4n) is 2.51. The lowest BCUT2D eigenvalue weighted by atomic mass is 10.2. The highest BCUT2D eigenvalue weighted by molar-refractivity contribution is 6.31. The molecular weight excluding hydrogens is 380 g/mol. The molecule has 0 atom stereocenters. The first-order valence-corrected chi connectivity index (χ1v) is 8.76. The lowest BCUT2D eigenvalue weighted by Crippen LogP contribution is -2.14. The van der Waals surface area contributed by atoms with Crippen molar-refractivity contribution in [3.05, 3.63) is 65.1 Å². The molecule has 0 saturated heterocycles. The summed E-state index contributed by atoms with van der Waals surface area (Å²) in [4.78, 5) is 20.7. The summed E-state index contributed by atoms with van der Waals surface area (Å²) in [5, 5.41) is 6.52. The minimum Gasteiger partial charge on any atom is -0.497 e. The van der Waals surface area contributed by atoms with E-state index in [4.69, 9.17) is 21.1 Å². The van der Waals surface area contributed by atoms with Crippen molar-refractivity contribution in [1.82, 2.24) is 9.97 Å². The van der Waals surface area contributed by atoms with E-state index in [-0.39, 0.29) is 11.6 Å². The number of hydrogen-bond acceptors (Lipinski definition) is 6. The molecule has 7 nitrogen and oxygen atoms in total. The van der Waals surface area contributed by atoms with Gasteiger partial charge in [0, 0.05) is 28.9 Å². The number of hydrogen-bond donors (Lipinski definition) is 2. The maximum absolute atomic E-state index is 12.5. The minimum absolute atomic E-state index is 0.213. The van der Waals surface area contributed by atoms with Crippen LogP contribution in [-0.4, -0.2) is 30.1 Å². The first-order chi connectivity index (χ1) is 13.5. The molecule has 3 aromatic rings. The first kappa shape index (κ1) is 19.4. The van der Waals surface area contributed by atoms with E-state index in [1.54, 1.807) is 50.6 Å². The zero-order valence-corrected chi connectivity index (χ0v) is 16.4. The summed E-state index contributed by atoms with van der Waals surface area (Å²) in [5.74, 6) is 1.30. The van der Waals surface area contributed by atoms with Gasteiger partial charge in [0.05, 0.1) is 19.9 Å². The molecule has 0 spiro atoms. The van der Waals surface area contributed by atoms with Crippen molar-refractivity contribution >= 4 is 34.7 Å². The predicted molar refractivity (Wildman–Crippen MR) is 109 cm³/mol. The van der Waals surface area contributed by atoms with Gasteiger partial charge in [-0.3, -0.25) is 4.79 Å². The van der Waals surface area contributed by atoms with Crippen molar-refractivity contribution in [3.8, 4) is 11.5 Å². The third kappa shape index (κ3) is 4.50. The maximum atomic E-state index is 12.5. The van der Waals surface area contributed by atoms with Crippen molar-refractivity contribution in [1.29, 1.82) is 0 Å². The number of carbonyl (C=O) groups excluding carboxylic acids is 1. The van der Waals surface area contributed by atoms with Crippen LogP contribution in [0.3, 0.4) is 0 Å². The van der Waals surface area contributed by atoms with Gasteiger partial charge in [0.1, 0.15) is 29.3 Å². The van der Waals surface area contributed by atoms with Crippen molar-refractivity contribution in [2.45, 2.75) is 6.92 Å². The number of nitrogens with one attached hydrogen (secondary N) is 2. The van der Waals surface area contributed by atoms with Gasteiger partial charge in [-0.15, -0.1) is 0 Å². The number of aromatic nitrogens is 2. The molecule has 144 valence electrons. The van der Waals surface area contributed by atoms with Crippen LogP contribution in [0.4, 0.5) is 17.2 Å². The Morgan fingerprint density at radius 2 is 1.89 bits per heavy atom. The standard InChI is InChI=1S/C20H19ClN4O3/c1-12-7-16(18(28-3)9-15(12)21)25-19-10-17(22-11-23-19)20(26)24-13-5-4-6-14(8-13)27-2/h4-11H,1-3H3,(H,24,26)(H,22,23,25). The van der Waals surface area contributed by atoms with Gasteiger partial charge >= 0.3 is 0 Å². The van der Waals surface area contributed by atoms with Crippen molar-refractivity contribution in [2.24, 2.45) is 0 Å². The highest BCUT2D eigenvalue weighted by atomic mass is 35.5. The Bertz CT molecular complexity index is 1010. The van der Waals surface area contributed by atoms with Crippen LogP contribution >= 0.6 is 11.6 Å². The molecule has 0 aliphatic carbocycles. The summed E-state index contributed by atoms with van der Waals surface area (Å²) in [6, 6.07) is 12.2. The molecule has 0 bridgehead atoms. The quantitative estimate of drug-likeness (QED) is 0.638. The molecule has 0 unspecified atom stereocenters. The minimum atomic E-state index is -0.363. The molecule has 0 aliphatic heterocycles. The summed E-state index contributed by atoms with van der Waals surface area (Å²) in [7, 11) is 3.12. The second kappa shape index (κ2) is 8.58. The van der Waals surface area contributed by atoms with Crippen LogP contribution < -0.4 is 20.1 Å². The summed E-state index contributed by atoms with van der Waals surface area (Å²) in [5.41, 5.74) is 2.38. The monoisotopic (exact) mass is 398 g/mol. The smallest absolute Gasteiger partial charge is 0.274 e. The van der Waals surface area contributed by atoms with Crippen LogP contribution in [0.25, 0.3) is 0 Å². The Kier molecular flexibility index (Phi) is 5.96. The molecule has 8 heteroatoms. The molecular formula is C20H19ClN4O3. The van der Waals surface area contributed by atoms with Gasteiger partial charge in [0.2, 0.25) is 0 Å². The highest BCUT2D eigenvalue weighted by Crippen LogP contribution is 2.32. The molecule has 0 fully saturated rings. The third-order valence-corrected chi connectivity index (χ3v) is 4.38. The SMILES string of the molecule is COc1cccc(NC(=O)c2cc(Nc3cc(C)c(Cl)cc3OC)ncn2)c1. The van der Waals surface area contributed by atoms with E-state index in [0.29, 0.717) is 33.7 Å². The second-order valence-corrected chi connectivity index (χ2v) is 6.31. The Morgan fingerprint density at radius 1 is 1.07 bits per heavy atom. The predicted octanol–water partition coefficient (Wildman–Crippen LogP) is 4.45. The molecule has 28 heavy (non-hydrogen) atoms. The lowest BCUT2D eigenvalue weighted by molar-refractivity contribution is 0.102. The van der Waals surface area contributed by atoms with E-state index in [2.05, 4.69) is 20.6 Å². The van der Waals surface area contributed by atoms with Gasteiger partial charge in [-0.25, -0.2) is 9.97 Å². The molecule has 0 saturated carbocycles. The largest absolute Gasteiger partial charge is 0.497 e. The number of aryl methyl sites for hydroxylation is 1. The van der Waals surface area contributed by atoms with E-state index < -0.39 is 0 Å². The van der Waals surface area contributed by atoms with Gasteiger partial charge < -0.3 is 20.1 Å². The summed E-state index contributed by atoms with van der Waals surface area (Å²) in [6.45, 7) is 1.89. The summed E-state index contributed by atoms with van der Waals surface area (Å²) in [6.07, 6.45) is 1.32. The van der Waals surface area contributed by atoms with Crippen molar-refractivity contribution in [3.63, 3.8) is 0 Å².